The van der Waals surface area contributed by atoms with Gasteiger partial charge in [-0.05, 0) is 47.5 Å². The lowest BCUT2D eigenvalue weighted by Crippen LogP contribution is -2.22. The Hall–Kier alpha value is -5.83. The Kier molecular flexibility index (Phi) is 5.53. The predicted octanol–water partition coefficient (Wildman–Crippen LogP) is 6.16. The van der Waals surface area contributed by atoms with E-state index in [0.29, 0.717) is 57.6 Å². The second-order valence-electron chi connectivity index (χ2n) is 9.92. The van der Waals surface area contributed by atoms with Crippen molar-refractivity contribution in [2.45, 2.75) is 12.5 Å². The van der Waals surface area contributed by atoms with Crippen molar-refractivity contribution in [3.05, 3.63) is 142 Å². The molecule has 1 aliphatic heterocycles. The van der Waals surface area contributed by atoms with Crippen molar-refractivity contribution < 1.29 is 13.9 Å². The van der Waals surface area contributed by atoms with Gasteiger partial charge in [-0.2, -0.15) is 0 Å². The molecule has 7 aromatic rings. The summed E-state index contributed by atoms with van der Waals surface area (Å²) < 4.78 is 20.0. The van der Waals surface area contributed by atoms with Gasteiger partial charge in [-0.3, -0.25) is 4.98 Å². The van der Waals surface area contributed by atoms with E-state index in [9.17, 15) is 4.79 Å². The van der Waals surface area contributed by atoms with Crippen LogP contribution in [0.3, 0.4) is 0 Å². The third-order valence-electron chi connectivity index (χ3n) is 7.32. The van der Waals surface area contributed by atoms with Gasteiger partial charge >= 0.3 is 5.63 Å². The lowest BCUT2D eigenvalue weighted by Gasteiger charge is -2.27. The first-order chi connectivity index (χ1) is 20.7. The van der Waals surface area contributed by atoms with Crippen molar-refractivity contribution >= 4 is 16.6 Å². The maximum absolute atomic E-state index is 13.7. The minimum atomic E-state index is -0.618. The van der Waals surface area contributed by atoms with Gasteiger partial charge in [0.2, 0.25) is 5.88 Å². The molecule has 1 aliphatic rings. The number of para-hydroxylation sites is 1. The quantitative estimate of drug-likeness (QED) is 0.234. The molecule has 4 aromatic heterocycles. The third kappa shape index (κ3) is 3.98. The molecule has 1 atom stereocenters. The maximum Gasteiger partial charge on any atom is 0.344 e. The summed E-state index contributed by atoms with van der Waals surface area (Å²) in [6.45, 7) is 0.405. The van der Waals surface area contributed by atoms with E-state index >= 15 is 0 Å². The molecule has 8 rings (SSSR count). The van der Waals surface area contributed by atoms with Gasteiger partial charge in [0.15, 0.2) is 17.2 Å². The number of hydrogen-bond acceptors (Lipinski definition) is 8. The van der Waals surface area contributed by atoms with Crippen molar-refractivity contribution in [3.8, 4) is 28.8 Å². The van der Waals surface area contributed by atoms with E-state index in [2.05, 4.69) is 15.1 Å². The summed E-state index contributed by atoms with van der Waals surface area (Å²) >= 11 is 0. The molecule has 0 saturated carbocycles. The molecule has 1 unspecified atom stereocenters. The first-order valence-corrected chi connectivity index (χ1v) is 13.4. The van der Waals surface area contributed by atoms with Crippen LogP contribution in [0.25, 0.3) is 28.0 Å². The first kappa shape index (κ1) is 24.0. The average Bonchev–Trinajstić information content (AvgIpc) is 3.49. The summed E-state index contributed by atoms with van der Waals surface area (Å²) in [7, 11) is 0. The molecular formula is C33H21N5O4. The zero-order valence-electron chi connectivity index (χ0n) is 22.0. The summed E-state index contributed by atoms with van der Waals surface area (Å²) in [6, 6.07) is 28.7. The molecule has 0 amide bonds. The highest BCUT2D eigenvalue weighted by atomic mass is 16.5. The van der Waals surface area contributed by atoms with Crippen LogP contribution in [0.4, 0.5) is 0 Å². The fourth-order valence-electron chi connectivity index (χ4n) is 5.40. The molecule has 3 aromatic carbocycles. The molecule has 0 fully saturated rings. The second kappa shape index (κ2) is 9.67. The van der Waals surface area contributed by atoms with E-state index in [1.807, 2.05) is 84.9 Å². The highest BCUT2D eigenvalue weighted by Crippen LogP contribution is 2.49. The number of ether oxygens (including phenoxy) is 2. The molecule has 202 valence electrons. The molecule has 0 spiro atoms. The summed E-state index contributed by atoms with van der Waals surface area (Å²) in [6.07, 6.45) is 4.96. The second-order valence-corrected chi connectivity index (χ2v) is 9.92. The van der Waals surface area contributed by atoms with Crippen LogP contribution in [0.1, 0.15) is 28.2 Å². The molecule has 9 nitrogen and oxygen atoms in total. The zero-order valence-corrected chi connectivity index (χ0v) is 22.0. The number of fused-ring (bicyclic) bond motifs is 6. The number of nitrogens with zero attached hydrogens (tertiary/aromatic N) is 5. The number of rotatable bonds is 5. The van der Waals surface area contributed by atoms with Gasteiger partial charge in [-0.15, -0.1) is 5.10 Å². The molecule has 5 heterocycles. The SMILES string of the molecule is O=c1oc2ccccc2c2c1C(c1cccc(OCc3ccccc3)c1)c1c(ncn3nc(-c4cccnc4)nc13)O2. The molecule has 0 saturated heterocycles. The minimum absolute atomic E-state index is 0.344. The van der Waals surface area contributed by atoms with E-state index in [0.717, 1.165) is 16.7 Å². The van der Waals surface area contributed by atoms with Crippen molar-refractivity contribution in [1.29, 1.82) is 0 Å². The lowest BCUT2D eigenvalue weighted by molar-refractivity contribution is 0.306. The average molecular weight is 552 g/mol. The zero-order chi connectivity index (χ0) is 28.0. The fourth-order valence-corrected chi connectivity index (χ4v) is 5.40. The van der Waals surface area contributed by atoms with Crippen LogP contribution in [0, 0.1) is 0 Å². The normalized spacial score (nSPS) is 13.9. The van der Waals surface area contributed by atoms with Crippen molar-refractivity contribution in [1.82, 2.24) is 24.6 Å². The van der Waals surface area contributed by atoms with Gasteiger partial charge in [0.05, 0.1) is 22.4 Å². The van der Waals surface area contributed by atoms with Gasteiger partial charge < -0.3 is 13.9 Å². The van der Waals surface area contributed by atoms with Crippen LogP contribution in [-0.4, -0.2) is 24.6 Å². The van der Waals surface area contributed by atoms with Gasteiger partial charge in [0.1, 0.15) is 24.3 Å². The van der Waals surface area contributed by atoms with Crippen LogP contribution in [0.2, 0.25) is 0 Å². The molecule has 9 heteroatoms. The maximum atomic E-state index is 13.7. The number of pyridine rings is 1. The van der Waals surface area contributed by atoms with E-state index in [1.165, 1.54) is 0 Å². The standard InChI is InChI=1S/C33H21N5O4/c39-33-27-26(21-10-6-12-23(16-21)40-18-20-8-2-1-3-9-20)28-31-36-30(22-11-7-15-34-17-22)37-38(31)19-35-32(28)42-29(27)24-13-4-5-14-25(24)41-33/h1-17,19,26H,18H2. The third-order valence-corrected chi connectivity index (χ3v) is 7.32. The lowest BCUT2D eigenvalue weighted by atomic mass is 9.84. The van der Waals surface area contributed by atoms with Crippen molar-refractivity contribution in [2.24, 2.45) is 0 Å². The van der Waals surface area contributed by atoms with Gasteiger partial charge in [-0.1, -0.05) is 54.6 Å². The minimum Gasteiger partial charge on any atom is -0.489 e. The molecule has 0 N–H and O–H groups in total. The van der Waals surface area contributed by atoms with Crippen LogP contribution >= 0.6 is 0 Å². The van der Waals surface area contributed by atoms with Gasteiger partial charge in [0.25, 0.3) is 0 Å². The van der Waals surface area contributed by atoms with Crippen molar-refractivity contribution in [3.63, 3.8) is 0 Å². The summed E-state index contributed by atoms with van der Waals surface area (Å²) in [4.78, 5) is 27.4. The first-order valence-electron chi connectivity index (χ1n) is 13.4. The van der Waals surface area contributed by atoms with Crippen molar-refractivity contribution in [2.75, 3.05) is 0 Å². The summed E-state index contributed by atoms with van der Waals surface area (Å²) in [5, 5.41) is 5.33. The van der Waals surface area contributed by atoms with Gasteiger partial charge in [0, 0.05) is 18.0 Å². The Balaban J connectivity index is 1.33. The topological polar surface area (TPSA) is 105 Å². The molecular weight excluding hydrogens is 530 g/mol. The smallest absolute Gasteiger partial charge is 0.344 e. The van der Waals surface area contributed by atoms with Crippen LogP contribution in [0.5, 0.6) is 17.4 Å². The monoisotopic (exact) mass is 551 g/mol. The fraction of sp³-hybridized carbons (Fsp3) is 0.0606. The Labute approximate surface area is 238 Å². The predicted molar refractivity (Wildman–Crippen MR) is 155 cm³/mol. The molecule has 0 radical (unpaired) electrons. The van der Waals surface area contributed by atoms with Crippen LogP contribution in [-0.2, 0) is 6.61 Å². The number of benzene rings is 3. The van der Waals surface area contributed by atoms with E-state index in [1.54, 1.807) is 29.3 Å². The number of aromatic nitrogens is 5. The highest BCUT2D eigenvalue weighted by Gasteiger charge is 2.37. The molecule has 0 bridgehead atoms. The molecule has 42 heavy (non-hydrogen) atoms. The van der Waals surface area contributed by atoms with E-state index in [-0.39, 0.29) is 0 Å². The summed E-state index contributed by atoms with van der Waals surface area (Å²) in [5.41, 5.74) is 4.03. The summed E-state index contributed by atoms with van der Waals surface area (Å²) in [5.74, 6) is 1.28. The molecule has 0 aliphatic carbocycles. The largest absolute Gasteiger partial charge is 0.489 e. The Morgan fingerprint density at radius 3 is 2.67 bits per heavy atom. The Bertz CT molecular complexity index is 2160. The Morgan fingerprint density at radius 1 is 0.905 bits per heavy atom. The highest BCUT2D eigenvalue weighted by molar-refractivity contribution is 5.87. The van der Waals surface area contributed by atoms with E-state index in [4.69, 9.17) is 18.9 Å². The van der Waals surface area contributed by atoms with Crippen LogP contribution in [0.15, 0.2) is 119 Å². The van der Waals surface area contributed by atoms with Gasteiger partial charge in [-0.25, -0.2) is 19.3 Å². The number of hydrogen-bond donors (Lipinski definition) is 0. The Morgan fingerprint density at radius 2 is 1.79 bits per heavy atom. The van der Waals surface area contributed by atoms with Crippen LogP contribution < -0.4 is 15.1 Å². The van der Waals surface area contributed by atoms with E-state index < -0.39 is 11.5 Å².